The van der Waals surface area contributed by atoms with Crippen molar-refractivity contribution in [2.75, 3.05) is 13.7 Å². The summed E-state index contributed by atoms with van der Waals surface area (Å²) in [6, 6.07) is 4.40. The summed E-state index contributed by atoms with van der Waals surface area (Å²) in [6.45, 7) is 4.42. The molecule has 0 aliphatic carbocycles. The zero-order chi connectivity index (χ0) is 12.2. The van der Waals surface area contributed by atoms with Gasteiger partial charge in [0.15, 0.2) is 0 Å². The first kappa shape index (κ1) is 13.3. The molecule has 0 radical (unpaired) electrons. The molecule has 0 amide bonds. The monoisotopic (exact) mass is 246 g/mol. The van der Waals surface area contributed by atoms with Crippen molar-refractivity contribution in [2.24, 2.45) is 0 Å². The van der Waals surface area contributed by atoms with E-state index in [-0.39, 0.29) is 10.6 Å². The van der Waals surface area contributed by atoms with E-state index in [0.717, 1.165) is 6.42 Å². The van der Waals surface area contributed by atoms with Crippen molar-refractivity contribution in [2.45, 2.75) is 25.9 Å². The predicted molar refractivity (Wildman–Crippen MR) is 62.6 cm³/mol. The summed E-state index contributed by atoms with van der Waals surface area (Å²) in [5.74, 6) is 0.0129. The molecule has 0 N–H and O–H groups in total. The van der Waals surface area contributed by atoms with E-state index in [1.807, 2.05) is 13.8 Å². The second-order valence-electron chi connectivity index (χ2n) is 4.14. The van der Waals surface area contributed by atoms with Gasteiger partial charge in [-0.05, 0) is 26.0 Å². The standard InChI is InChI=1S/C12H16ClFO2/c1-12(2,15-3)6-7-16-9-4-5-10(13)11(14)8-9/h4-5,8H,6-7H2,1-3H3. The maximum Gasteiger partial charge on any atom is 0.145 e. The van der Waals surface area contributed by atoms with E-state index in [1.165, 1.54) is 12.1 Å². The topological polar surface area (TPSA) is 18.5 Å². The maximum atomic E-state index is 13.1. The van der Waals surface area contributed by atoms with Gasteiger partial charge in [0, 0.05) is 19.6 Å². The van der Waals surface area contributed by atoms with Crippen molar-refractivity contribution in [3.05, 3.63) is 29.0 Å². The van der Waals surface area contributed by atoms with Gasteiger partial charge in [-0.15, -0.1) is 0 Å². The lowest BCUT2D eigenvalue weighted by molar-refractivity contribution is 0.00544. The molecule has 0 heterocycles. The van der Waals surface area contributed by atoms with Crippen LogP contribution in [0.4, 0.5) is 4.39 Å². The smallest absolute Gasteiger partial charge is 0.145 e. The fraction of sp³-hybridized carbons (Fsp3) is 0.500. The summed E-state index contributed by atoms with van der Waals surface area (Å²) in [7, 11) is 1.65. The largest absolute Gasteiger partial charge is 0.493 e. The maximum absolute atomic E-state index is 13.1. The van der Waals surface area contributed by atoms with Gasteiger partial charge in [-0.1, -0.05) is 11.6 Å². The predicted octanol–water partition coefficient (Wildman–Crippen LogP) is 3.67. The lowest BCUT2D eigenvalue weighted by Gasteiger charge is -2.22. The number of methoxy groups -OCH3 is 1. The van der Waals surface area contributed by atoms with E-state index in [2.05, 4.69) is 0 Å². The van der Waals surface area contributed by atoms with Crippen molar-refractivity contribution in [1.29, 1.82) is 0 Å². The Kier molecular flexibility index (Phi) is 4.56. The number of benzene rings is 1. The highest BCUT2D eigenvalue weighted by molar-refractivity contribution is 6.30. The molecule has 1 aromatic rings. The van der Waals surface area contributed by atoms with Crippen molar-refractivity contribution < 1.29 is 13.9 Å². The van der Waals surface area contributed by atoms with Gasteiger partial charge < -0.3 is 9.47 Å². The number of ether oxygens (including phenoxy) is 2. The highest BCUT2D eigenvalue weighted by Crippen LogP contribution is 2.21. The Morgan fingerprint density at radius 2 is 2.06 bits per heavy atom. The molecule has 90 valence electrons. The number of hydrogen-bond donors (Lipinski definition) is 0. The van der Waals surface area contributed by atoms with E-state index < -0.39 is 5.82 Å². The van der Waals surface area contributed by atoms with Gasteiger partial charge in [-0.25, -0.2) is 4.39 Å². The third kappa shape index (κ3) is 3.99. The highest BCUT2D eigenvalue weighted by atomic mass is 35.5. The third-order valence-electron chi connectivity index (χ3n) is 2.42. The molecule has 4 heteroatoms. The van der Waals surface area contributed by atoms with E-state index >= 15 is 0 Å². The summed E-state index contributed by atoms with van der Waals surface area (Å²) in [6.07, 6.45) is 0.730. The van der Waals surface area contributed by atoms with Crippen LogP contribution in [-0.2, 0) is 4.74 Å². The number of hydrogen-bond acceptors (Lipinski definition) is 2. The molecule has 0 bridgehead atoms. The lowest BCUT2D eigenvalue weighted by atomic mass is 10.1. The molecule has 0 unspecified atom stereocenters. The number of rotatable bonds is 5. The molecule has 0 saturated heterocycles. The summed E-state index contributed by atoms with van der Waals surface area (Å²) in [5, 5.41) is 0.101. The van der Waals surface area contributed by atoms with E-state index in [0.29, 0.717) is 12.4 Å². The van der Waals surface area contributed by atoms with E-state index in [1.54, 1.807) is 13.2 Å². The number of halogens is 2. The van der Waals surface area contributed by atoms with Gasteiger partial charge in [0.2, 0.25) is 0 Å². The minimum Gasteiger partial charge on any atom is -0.493 e. The minimum absolute atomic E-state index is 0.101. The molecular weight excluding hydrogens is 231 g/mol. The van der Waals surface area contributed by atoms with Crippen molar-refractivity contribution in [3.63, 3.8) is 0 Å². The molecule has 1 aromatic carbocycles. The molecule has 16 heavy (non-hydrogen) atoms. The zero-order valence-corrected chi connectivity index (χ0v) is 10.5. The average Bonchev–Trinajstić information content (AvgIpc) is 2.23. The van der Waals surface area contributed by atoms with Crippen LogP contribution in [-0.4, -0.2) is 19.3 Å². The van der Waals surface area contributed by atoms with Gasteiger partial charge in [0.1, 0.15) is 11.6 Å². The Bertz CT molecular complexity index is 353. The summed E-state index contributed by atoms with van der Waals surface area (Å²) in [5.41, 5.74) is -0.231. The second kappa shape index (κ2) is 5.51. The van der Waals surface area contributed by atoms with E-state index in [4.69, 9.17) is 21.1 Å². The molecule has 0 aliphatic heterocycles. The van der Waals surface area contributed by atoms with Gasteiger partial charge in [-0.3, -0.25) is 0 Å². The molecule has 0 aliphatic rings. The molecular formula is C12H16ClFO2. The Morgan fingerprint density at radius 1 is 1.38 bits per heavy atom. The average molecular weight is 247 g/mol. The van der Waals surface area contributed by atoms with Crippen LogP contribution < -0.4 is 4.74 Å². The molecule has 1 rings (SSSR count). The minimum atomic E-state index is -0.467. The summed E-state index contributed by atoms with van der Waals surface area (Å²) >= 11 is 5.56. The first-order valence-electron chi connectivity index (χ1n) is 5.07. The van der Waals surface area contributed by atoms with Gasteiger partial charge in [-0.2, -0.15) is 0 Å². The Balaban J connectivity index is 2.46. The Hall–Kier alpha value is -0.800. The molecule has 0 aromatic heterocycles. The first-order valence-corrected chi connectivity index (χ1v) is 5.45. The van der Waals surface area contributed by atoms with Gasteiger partial charge >= 0.3 is 0 Å². The molecule has 0 spiro atoms. The molecule has 0 saturated carbocycles. The molecule has 0 atom stereocenters. The van der Waals surface area contributed by atoms with Crippen LogP contribution in [0.5, 0.6) is 5.75 Å². The Labute approximate surface area is 100 Å². The van der Waals surface area contributed by atoms with Crippen LogP contribution >= 0.6 is 11.6 Å². The molecule has 0 fully saturated rings. The van der Waals surface area contributed by atoms with Crippen LogP contribution in [0.3, 0.4) is 0 Å². The molecule has 2 nitrogen and oxygen atoms in total. The van der Waals surface area contributed by atoms with Gasteiger partial charge in [0.25, 0.3) is 0 Å². The van der Waals surface area contributed by atoms with Crippen molar-refractivity contribution in [3.8, 4) is 5.75 Å². The highest BCUT2D eigenvalue weighted by Gasteiger charge is 2.16. The normalized spacial score (nSPS) is 11.6. The van der Waals surface area contributed by atoms with Crippen LogP contribution in [0.15, 0.2) is 18.2 Å². The van der Waals surface area contributed by atoms with E-state index in [9.17, 15) is 4.39 Å². The quantitative estimate of drug-likeness (QED) is 0.789. The fourth-order valence-corrected chi connectivity index (χ4v) is 1.20. The summed E-state index contributed by atoms with van der Waals surface area (Å²) in [4.78, 5) is 0. The fourth-order valence-electron chi connectivity index (χ4n) is 1.08. The first-order chi connectivity index (χ1) is 7.44. The van der Waals surface area contributed by atoms with Crippen molar-refractivity contribution >= 4 is 11.6 Å². The third-order valence-corrected chi connectivity index (χ3v) is 2.72. The van der Waals surface area contributed by atoms with Crippen LogP contribution in [0.25, 0.3) is 0 Å². The van der Waals surface area contributed by atoms with Crippen LogP contribution in [0.1, 0.15) is 20.3 Å². The van der Waals surface area contributed by atoms with Gasteiger partial charge in [0.05, 0.1) is 17.2 Å². The SMILES string of the molecule is COC(C)(C)CCOc1ccc(Cl)c(F)c1. The summed E-state index contributed by atoms with van der Waals surface area (Å²) < 4.78 is 23.7. The Morgan fingerprint density at radius 3 is 2.62 bits per heavy atom. The van der Waals surface area contributed by atoms with Crippen molar-refractivity contribution in [1.82, 2.24) is 0 Å². The van der Waals surface area contributed by atoms with Crippen LogP contribution in [0.2, 0.25) is 5.02 Å². The lowest BCUT2D eigenvalue weighted by Crippen LogP contribution is -2.25. The second-order valence-corrected chi connectivity index (χ2v) is 4.55. The zero-order valence-electron chi connectivity index (χ0n) is 9.72. The van der Waals surface area contributed by atoms with Crippen LogP contribution in [0, 0.1) is 5.82 Å².